The van der Waals surface area contributed by atoms with E-state index in [0.717, 1.165) is 33.9 Å². The highest BCUT2D eigenvalue weighted by Crippen LogP contribution is 2.33. The number of allylic oxidation sites excluding steroid dienone is 1. The summed E-state index contributed by atoms with van der Waals surface area (Å²) >= 11 is 7.47. The maximum absolute atomic E-state index is 12.5. The number of hydrogen-bond acceptors (Lipinski definition) is 3. The number of fused-ring (bicyclic) bond motifs is 1. The lowest BCUT2D eigenvalue weighted by Crippen LogP contribution is -2.37. The molecular weight excluding hydrogens is 392 g/mol. The van der Waals surface area contributed by atoms with Gasteiger partial charge in [-0.05, 0) is 74.6 Å². The number of thioether (sulfide) groups is 1. The highest BCUT2D eigenvalue weighted by Gasteiger charge is 2.34. The zero-order valence-electron chi connectivity index (χ0n) is 16.0. The third kappa shape index (κ3) is 2.93. The van der Waals surface area contributed by atoms with Crippen molar-refractivity contribution in [2.24, 2.45) is 4.99 Å². The molecule has 0 fully saturated rings. The maximum Gasteiger partial charge on any atom is 0.283 e. The molecule has 0 aliphatic carbocycles. The molecule has 0 unspecified atom stereocenters. The van der Waals surface area contributed by atoms with Crippen LogP contribution in [0, 0.1) is 26.2 Å². The third-order valence-electron chi connectivity index (χ3n) is 4.96. The maximum atomic E-state index is 12.5. The largest absolute Gasteiger partial charge is 0.318 e. The molecule has 4 rings (SSSR count). The van der Waals surface area contributed by atoms with Crippen molar-refractivity contribution in [1.29, 1.82) is 5.41 Å². The van der Waals surface area contributed by atoms with Crippen LogP contribution in [-0.2, 0) is 4.79 Å². The molecule has 0 saturated carbocycles. The summed E-state index contributed by atoms with van der Waals surface area (Å²) in [7, 11) is 0. The molecule has 1 N–H and O–H groups in total. The van der Waals surface area contributed by atoms with E-state index >= 15 is 0 Å². The number of aliphatic imine (C=N–C) groups is 1. The molecule has 0 radical (unpaired) electrons. The monoisotopic (exact) mass is 410 g/mol. The van der Waals surface area contributed by atoms with E-state index in [9.17, 15) is 4.79 Å². The highest BCUT2D eigenvalue weighted by atomic mass is 35.5. The van der Waals surface area contributed by atoms with Crippen LogP contribution in [0.15, 0.2) is 45.9 Å². The zero-order valence-corrected chi connectivity index (χ0v) is 17.6. The van der Waals surface area contributed by atoms with Crippen LogP contribution in [0.1, 0.15) is 29.4 Å². The Hall–Kier alpha value is -2.57. The predicted molar refractivity (Wildman–Crippen MR) is 116 cm³/mol. The van der Waals surface area contributed by atoms with Crippen LogP contribution >= 0.6 is 23.4 Å². The summed E-state index contributed by atoms with van der Waals surface area (Å²) in [5.41, 5.74) is 6.24. The Kier molecular flexibility index (Phi) is 4.56. The van der Waals surface area contributed by atoms with E-state index in [1.807, 2.05) is 57.4 Å². The second kappa shape index (κ2) is 6.79. The zero-order chi connectivity index (χ0) is 20.2. The first-order valence-corrected chi connectivity index (χ1v) is 10.1. The van der Waals surface area contributed by atoms with Crippen LogP contribution in [0.3, 0.4) is 0 Å². The molecule has 1 amide bonds. The number of amides is 1. The number of nitrogens with one attached hydrogen (secondary N) is 1. The Labute approximate surface area is 172 Å². The molecule has 7 heteroatoms. The summed E-state index contributed by atoms with van der Waals surface area (Å²) in [4.78, 5) is 18.4. The Morgan fingerprint density at radius 2 is 1.93 bits per heavy atom. The van der Waals surface area contributed by atoms with E-state index in [-0.39, 0.29) is 11.7 Å². The van der Waals surface area contributed by atoms with Crippen molar-refractivity contribution in [2.75, 3.05) is 0 Å². The minimum atomic E-state index is -0.376. The number of nitrogens with zero attached hydrogens (tertiary/aromatic N) is 3. The Bertz CT molecular complexity index is 1140. The SMILES string of the molecule is CC1=CSC2=NC(=O)/C(=C/c3cc(C)n(-c4ccc(Cl)cc4C)c3C)C(=N)N12. The van der Waals surface area contributed by atoms with Crippen molar-refractivity contribution in [1.82, 2.24) is 9.47 Å². The molecule has 5 nitrogen and oxygen atoms in total. The summed E-state index contributed by atoms with van der Waals surface area (Å²) < 4.78 is 2.14. The van der Waals surface area contributed by atoms with Crippen molar-refractivity contribution in [3.63, 3.8) is 0 Å². The van der Waals surface area contributed by atoms with E-state index in [4.69, 9.17) is 17.0 Å². The van der Waals surface area contributed by atoms with Crippen LogP contribution in [0.5, 0.6) is 0 Å². The van der Waals surface area contributed by atoms with Crippen LogP contribution in [0.4, 0.5) is 0 Å². The predicted octanol–water partition coefficient (Wildman–Crippen LogP) is 5.22. The summed E-state index contributed by atoms with van der Waals surface area (Å²) in [5.74, 6) is -0.208. The smallest absolute Gasteiger partial charge is 0.283 e. The van der Waals surface area contributed by atoms with E-state index in [1.54, 1.807) is 11.0 Å². The molecule has 2 aromatic rings. The van der Waals surface area contributed by atoms with Crippen molar-refractivity contribution in [2.45, 2.75) is 27.7 Å². The topological polar surface area (TPSA) is 61.5 Å². The van der Waals surface area contributed by atoms with Gasteiger partial charge in [-0.15, -0.1) is 0 Å². The number of benzene rings is 1. The fourth-order valence-electron chi connectivity index (χ4n) is 3.57. The van der Waals surface area contributed by atoms with Gasteiger partial charge in [0, 0.05) is 27.8 Å². The molecule has 0 atom stereocenters. The minimum absolute atomic E-state index is 0.168. The second-order valence-electron chi connectivity index (χ2n) is 6.91. The lowest BCUT2D eigenvalue weighted by molar-refractivity contribution is -0.114. The molecule has 28 heavy (non-hydrogen) atoms. The number of halogens is 1. The first-order chi connectivity index (χ1) is 13.3. The number of rotatable bonds is 2. The highest BCUT2D eigenvalue weighted by molar-refractivity contribution is 8.16. The molecule has 2 aliphatic rings. The second-order valence-corrected chi connectivity index (χ2v) is 8.18. The van der Waals surface area contributed by atoms with Gasteiger partial charge in [-0.2, -0.15) is 4.99 Å². The number of carbonyl (C=O) groups is 1. The van der Waals surface area contributed by atoms with E-state index < -0.39 is 0 Å². The van der Waals surface area contributed by atoms with Crippen molar-refractivity contribution in [3.8, 4) is 5.69 Å². The number of hydrogen-bond donors (Lipinski definition) is 1. The average molecular weight is 411 g/mol. The van der Waals surface area contributed by atoms with E-state index in [2.05, 4.69) is 9.56 Å². The molecule has 1 aromatic heterocycles. The molecule has 1 aromatic carbocycles. The van der Waals surface area contributed by atoms with Gasteiger partial charge in [0.05, 0.1) is 5.57 Å². The van der Waals surface area contributed by atoms with Crippen molar-refractivity contribution < 1.29 is 4.79 Å². The van der Waals surface area contributed by atoms with Gasteiger partial charge in [0.25, 0.3) is 5.91 Å². The van der Waals surface area contributed by atoms with Crippen LogP contribution in [0.25, 0.3) is 11.8 Å². The van der Waals surface area contributed by atoms with Crippen LogP contribution in [0.2, 0.25) is 5.02 Å². The summed E-state index contributed by atoms with van der Waals surface area (Å²) in [5, 5.41) is 11.7. The first kappa shape index (κ1) is 18.8. The number of aryl methyl sites for hydroxylation is 2. The van der Waals surface area contributed by atoms with Crippen LogP contribution < -0.4 is 0 Å². The summed E-state index contributed by atoms with van der Waals surface area (Å²) in [6.45, 7) is 7.97. The molecule has 2 aliphatic heterocycles. The lowest BCUT2D eigenvalue weighted by Gasteiger charge is -2.25. The normalized spacial score (nSPS) is 17.9. The fourth-order valence-corrected chi connectivity index (χ4v) is 4.66. The van der Waals surface area contributed by atoms with Crippen LogP contribution in [-0.4, -0.2) is 26.4 Å². The van der Waals surface area contributed by atoms with Gasteiger partial charge in [0.15, 0.2) is 5.17 Å². The Balaban J connectivity index is 1.80. The average Bonchev–Trinajstić information content (AvgIpc) is 3.12. The van der Waals surface area contributed by atoms with E-state index in [1.165, 1.54) is 11.8 Å². The van der Waals surface area contributed by atoms with Crippen molar-refractivity contribution >= 4 is 46.3 Å². The number of carbonyl (C=O) groups excluding carboxylic acids is 1. The first-order valence-electron chi connectivity index (χ1n) is 8.80. The summed E-state index contributed by atoms with van der Waals surface area (Å²) in [6, 6.07) is 7.83. The molecule has 0 bridgehead atoms. The Morgan fingerprint density at radius 1 is 1.18 bits per heavy atom. The van der Waals surface area contributed by atoms with Gasteiger partial charge in [-0.25, -0.2) is 0 Å². The number of amidine groups is 2. The molecule has 0 spiro atoms. The molecule has 142 valence electrons. The lowest BCUT2D eigenvalue weighted by atomic mass is 10.1. The minimum Gasteiger partial charge on any atom is -0.318 e. The fraction of sp³-hybridized carbons (Fsp3) is 0.190. The molecular formula is C21H19ClN4OS. The van der Waals surface area contributed by atoms with Gasteiger partial charge >= 0.3 is 0 Å². The Morgan fingerprint density at radius 3 is 2.64 bits per heavy atom. The van der Waals surface area contributed by atoms with E-state index in [0.29, 0.717) is 15.8 Å². The van der Waals surface area contributed by atoms with Gasteiger partial charge in [-0.3, -0.25) is 15.1 Å². The third-order valence-corrected chi connectivity index (χ3v) is 6.13. The van der Waals surface area contributed by atoms with Gasteiger partial charge in [-0.1, -0.05) is 23.4 Å². The summed E-state index contributed by atoms with van der Waals surface area (Å²) in [6.07, 6.45) is 1.77. The van der Waals surface area contributed by atoms with Gasteiger partial charge in [0.1, 0.15) is 5.84 Å². The molecule has 3 heterocycles. The van der Waals surface area contributed by atoms with Gasteiger partial charge < -0.3 is 4.57 Å². The van der Waals surface area contributed by atoms with Gasteiger partial charge in [0.2, 0.25) is 0 Å². The number of aromatic nitrogens is 1. The molecule has 0 saturated heterocycles. The standard InChI is InChI=1S/C21H19ClN4OS/c1-11-7-16(22)5-6-18(11)25-12(2)8-15(14(25)4)9-17-19(23)26-13(3)10-28-21(26)24-20(17)27/h5-10,23H,1-4H3/b17-9+,23-19?. The quantitative estimate of drug-likeness (QED) is 0.690. The van der Waals surface area contributed by atoms with Crippen molar-refractivity contribution in [3.05, 3.63) is 68.5 Å².